The number of carbonyl (C=O) groups is 1. The van der Waals surface area contributed by atoms with Gasteiger partial charge in [-0.1, -0.05) is 0 Å². The van der Waals surface area contributed by atoms with Crippen molar-refractivity contribution in [2.45, 2.75) is 38.3 Å². The van der Waals surface area contributed by atoms with E-state index in [1.54, 1.807) is 23.1 Å². The molecule has 1 saturated heterocycles. The Hall–Kier alpha value is -2.19. The van der Waals surface area contributed by atoms with Gasteiger partial charge in [-0.25, -0.2) is 0 Å². The molecule has 0 bridgehead atoms. The Kier molecular flexibility index (Phi) is 6.51. The molecule has 0 spiro atoms. The van der Waals surface area contributed by atoms with Gasteiger partial charge in [-0.15, -0.1) is 12.4 Å². The lowest BCUT2D eigenvalue weighted by molar-refractivity contribution is -0.0498. The second kappa shape index (κ2) is 8.87. The van der Waals surface area contributed by atoms with Gasteiger partial charge in [0.2, 0.25) is 0 Å². The van der Waals surface area contributed by atoms with Crippen LogP contribution in [0.4, 0.5) is 14.5 Å². The van der Waals surface area contributed by atoms with Crippen LogP contribution in [0.1, 0.15) is 41.4 Å². The Morgan fingerprint density at radius 3 is 2.89 bits per heavy atom. The maximum Gasteiger partial charge on any atom is 0.387 e. The van der Waals surface area contributed by atoms with Crippen LogP contribution in [0.15, 0.2) is 30.5 Å². The van der Waals surface area contributed by atoms with Gasteiger partial charge < -0.3 is 15.0 Å². The fourth-order valence-corrected chi connectivity index (χ4v) is 3.81. The zero-order valence-electron chi connectivity index (χ0n) is 15.3. The van der Waals surface area contributed by atoms with Gasteiger partial charge in [-0.05, 0) is 62.1 Å². The van der Waals surface area contributed by atoms with Crippen molar-refractivity contribution in [1.29, 1.82) is 0 Å². The monoisotopic (exact) mass is 412 g/mol. The van der Waals surface area contributed by atoms with Crippen molar-refractivity contribution in [3.05, 3.63) is 41.7 Å². The van der Waals surface area contributed by atoms with Crippen LogP contribution in [0.2, 0.25) is 0 Å². The lowest BCUT2D eigenvalue weighted by Gasteiger charge is -2.29. The SMILES string of the molecule is Cl.O=C(c1ccn(C2CCCNC2)n1)N1CCCc2cc(OC(F)F)ccc21. The number of benzene rings is 1. The van der Waals surface area contributed by atoms with E-state index in [0.29, 0.717) is 12.2 Å². The fourth-order valence-electron chi connectivity index (χ4n) is 3.81. The number of nitrogens with zero attached hydrogens (tertiary/aromatic N) is 3. The number of carbonyl (C=O) groups excluding carboxylic acids is 1. The van der Waals surface area contributed by atoms with E-state index in [4.69, 9.17) is 0 Å². The molecule has 28 heavy (non-hydrogen) atoms. The van der Waals surface area contributed by atoms with Crippen molar-refractivity contribution in [3.63, 3.8) is 0 Å². The van der Waals surface area contributed by atoms with Crippen LogP contribution in [0.3, 0.4) is 0 Å². The third-order valence-corrected chi connectivity index (χ3v) is 5.11. The predicted molar refractivity (Wildman–Crippen MR) is 104 cm³/mol. The van der Waals surface area contributed by atoms with Gasteiger partial charge in [0.05, 0.1) is 6.04 Å². The van der Waals surface area contributed by atoms with Gasteiger partial charge in [-0.2, -0.15) is 13.9 Å². The summed E-state index contributed by atoms with van der Waals surface area (Å²) in [6, 6.07) is 6.75. The zero-order chi connectivity index (χ0) is 18.8. The molecule has 152 valence electrons. The first-order valence-electron chi connectivity index (χ1n) is 9.27. The van der Waals surface area contributed by atoms with E-state index in [-0.39, 0.29) is 30.1 Å². The highest BCUT2D eigenvalue weighted by Crippen LogP contribution is 2.32. The van der Waals surface area contributed by atoms with Gasteiger partial charge in [0.25, 0.3) is 5.91 Å². The molecule has 4 rings (SSSR count). The smallest absolute Gasteiger partial charge is 0.387 e. The summed E-state index contributed by atoms with van der Waals surface area (Å²) in [5.74, 6) is -0.0480. The van der Waals surface area contributed by atoms with E-state index in [1.165, 1.54) is 6.07 Å². The number of halogens is 3. The molecule has 0 saturated carbocycles. The normalized spacial score (nSPS) is 19.1. The fraction of sp³-hybridized carbons (Fsp3) is 0.474. The number of aryl methyl sites for hydroxylation is 1. The number of ether oxygens (including phenoxy) is 1. The third-order valence-electron chi connectivity index (χ3n) is 5.11. The first-order chi connectivity index (χ1) is 13.1. The molecular weight excluding hydrogens is 390 g/mol. The van der Waals surface area contributed by atoms with Gasteiger partial charge >= 0.3 is 6.61 Å². The summed E-state index contributed by atoms with van der Waals surface area (Å²) in [6.45, 7) is -0.401. The van der Waals surface area contributed by atoms with Crippen molar-refractivity contribution < 1.29 is 18.3 Å². The standard InChI is InChI=1S/C19H22F2N4O2.ClH/c20-19(21)27-15-5-6-17-13(11-15)3-2-9-24(17)18(26)16-7-10-25(23-16)14-4-1-8-22-12-14;/h5-7,10-11,14,19,22H,1-4,8-9,12H2;1H. The van der Waals surface area contributed by atoms with Crippen molar-refractivity contribution >= 4 is 24.0 Å². The number of amides is 1. The number of piperidine rings is 1. The maximum atomic E-state index is 13.0. The van der Waals surface area contributed by atoms with Crippen molar-refractivity contribution in [3.8, 4) is 5.75 Å². The molecule has 6 nitrogen and oxygen atoms in total. The van der Waals surface area contributed by atoms with Gasteiger partial charge in [0.1, 0.15) is 5.75 Å². The molecule has 2 aliphatic rings. The zero-order valence-corrected chi connectivity index (χ0v) is 16.1. The number of aromatic nitrogens is 2. The number of rotatable bonds is 4. The minimum atomic E-state index is -2.86. The largest absolute Gasteiger partial charge is 0.435 e. The van der Waals surface area contributed by atoms with Crippen molar-refractivity contribution in [1.82, 2.24) is 15.1 Å². The van der Waals surface area contributed by atoms with E-state index in [1.807, 2.05) is 10.9 Å². The Morgan fingerprint density at radius 1 is 1.29 bits per heavy atom. The highest BCUT2D eigenvalue weighted by molar-refractivity contribution is 6.05. The Balaban J connectivity index is 0.00000225. The van der Waals surface area contributed by atoms with E-state index < -0.39 is 6.61 Å². The van der Waals surface area contributed by atoms with Gasteiger partial charge in [0, 0.05) is 25.0 Å². The number of hydrogen-bond donors (Lipinski definition) is 1. The highest BCUT2D eigenvalue weighted by Gasteiger charge is 2.26. The lowest BCUT2D eigenvalue weighted by Crippen LogP contribution is -2.36. The molecule has 1 N–H and O–H groups in total. The second-order valence-corrected chi connectivity index (χ2v) is 6.91. The summed E-state index contributed by atoms with van der Waals surface area (Å²) in [7, 11) is 0. The quantitative estimate of drug-likeness (QED) is 0.835. The molecule has 2 aliphatic heterocycles. The first kappa shape index (κ1) is 20.5. The Morgan fingerprint density at radius 2 is 2.14 bits per heavy atom. The molecule has 1 fully saturated rings. The molecule has 2 aromatic rings. The van der Waals surface area contributed by atoms with Crippen LogP contribution in [-0.2, 0) is 6.42 Å². The summed E-state index contributed by atoms with van der Waals surface area (Å²) < 4.78 is 31.2. The number of fused-ring (bicyclic) bond motifs is 1. The molecule has 1 unspecified atom stereocenters. The van der Waals surface area contributed by atoms with Crippen LogP contribution in [0, 0.1) is 0 Å². The molecule has 3 heterocycles. The number of hydrogen-bond acceptors (Lipinski definition) is 4. The third kappa shape index (κ3) is 4.28. The number of alkyl halides is 2. The molecule has 9 heteroatoms. The second-order valence-electron chi connectivity index (χ2n) is 6.91. The van der Waals surface area contributed by atoms with Crippen molar-refractivity contribution in [2.24, 2.45) is 0 Å². The molecule has 0 radical (unpaired) electrons. The summed E-state index contributed by atoms with van der Waals surface area (Å²) in [5.41, 5.74) is 1.98. The van der Waals surface area contributed by atoms with Crippen molar-refractivity contribution in [2.75, 3.05) is 24.5 Å². The molecule has 1 aromatic heterocycles. The maximum absolute atomic E-state index is 13.0. The van der Waals surface area contributed by atoms with E-state index in [2.05, 4.69) is 15.2 Å². The minimum absolute atomic E-state index is 0. The molecular formula is C19H23ClF2N4O2. The summed E-state index contributed by atoms with van der Waals surface area (Å²) in [5, 5.41) is 7.85. The van der Waals surface area contributed by atoms with Gasteiger partial charge in [0.15, 0.2) is 5.69 Å². The topological polar surface area (TPSA) is 59.4 Å². The molecule has 1 aromatic carbocycles. The van der Waals surface area contributed by atoms with Crippen LogP contribution >= 0.6 is 12.4 Å². The average molecular weight is 413 g/mol. The van der Waals surface area contributed by atoms with Crippen LogP contribution < -0.4 is 15.0 Å². The van der Waals surface area contributed by atoms with E-state index in [9.17, 15) is 13.6 Å². The summed E-state index contributed by atoms with van der Waals surface area (Å²) in [4.78, 5) is 14.7. The molecule has 1 amide bonds. The summed E-state index contributed by atoms with van der Waals surface area (Å²) in [6.07, 6.45) is 5.49. The van der Waals surface area contributed by atoms with Crippen LogP contribution in [0.5, 0.6) is 5.75 Å². The average Bonchev–Trinajstić information content (AvgIpc) is 3.17. The number of nitrogens with one attached hydrogen (secondary N) is 1. The Labute approximate surface area is 168 Å². The van der Waals surface area contributed by atoms with E-state index >= 15 is 0 Å². The van der Waals surface area contributed by atoms with Crippen LogP contribution in [-0.4, -0.2) is 41.9 Å². The van der Waals surface area contributed by atoms with E-state index in [0.717, 1.165) is 50.0 Å². The highest BCUT2D eigenvalue weighted by atomic mass is 35.5. The van der Waals surface area contributed by atoms with Gasteiger partial charge in [-0.3, -0.25) is 9.48 Å². The lowest BCUT2D eigenvalue weighted by atomic mass is 10.0. The first-order valence-corrected chi connectivity index (χ1v) is 9.27. The van der Waals surface area contributed by atoms with Crippen LogP contribution in [0.25, 0.3) is 0 Å². The molecule has 1 atom stereocenters. The number of anilines is 1. The molecule has 0 aliphatic carbocycles. The minimum Gasteiger partial charge on any atom is -0.435 e. The predicted octanol–water partition coefficient (Wildman–Crippen LogP) is 3.42. The summed E-state index contributed by atoms with van der Waals surface area (Å²) >= 11 is 0. The Bertz CT molecular complexity index is 824.